The largest absolute Gasteiger partial charge is 0.493 e. The SMILES string of the molecule is COc1cc(C2C(C#N)=C(N)Oc3cc(OC(=O)c4ccco4)ccc32)ccc1OCc1ccc(Cl)cc1Cl. The third-order valence-corrected chi connectivity index (χ3v) is 6.63. The Balaban J connectivity index is 1.44. The van der Waals surface area contributed by atoms with Gasteiger partial charge in [-0.25, -0.2) is 4.79 Å². The summed E-state index contributed by atoms with van der Waals surface area (Å²) in [6.45, 7) is 0.196. The number of esters is 1. The minimum atomic E-state index is -0.659. The molecule has 1 aliphatic heterocycles. The summed E-state index contributed by atoms with van der Waals surface area (Å²) in [6, 6.07) is 20.6. The summed E-state index contributed by atoms with van der Waals surface area (Å²) >= 11 is 12.2. The van der Waals surface area contributed by atoms with Crippen LogP contribution in [0.5, 0.6) is 23.0 Å². The van der Waals surface area contributed by atoms with Crippen molar-refractivity contribution in [2.45, 2.75) is 12.5 Å². The molecule has 4 aromatic rings. The van der Waals surface area contributed by atoms with Crippen molar-refractivity contribution < 1.29 is 28.2 Å². The summed E-state index contributed by atoms with van der Waals surface area (Å²) in [4.78, 5) is 12.3. The first kappa shape index (κ1) is 26.0. The number of methoxy groups -OCH3 is 1. The first-order chi connectivity index (χ1) is 18.9. The zero-order valence-electron chi connectivity index (χ0n) is 20.4. The van der Waals surface area contributed by atoms with E-state index in [4.69, 9.17) is 52.3 Å². The summed E-state index contributed by atoms with van der Waals surface area (Å²) < 4.78 is 27.8. The number of carbonyl (C=O) groups excluding carboxylic acids is 1. The Labute approximate surface area is 233 Å². The van der Waals surface area contributed by atoms with Crippen LogP contribution in [0, 0.1) is 11.3 Å². The van der Waals surface area contributed by atoms with Gasteiger partial charge in [-0.2, -0.15) is 5.26 Å². The highest BCUT2D eigenvalue weighted by molar-refractivity contribution is 6.35. The lowest BCUT2D eigenvalue weighted by atomic mass is 9.83. The van der Waals surface area contributed by atoms with Gasteiger partial charge in [0.15, 0.2) is 11.5 Å². The van der Waals surface area contributed by atoms with Gasteiger partial charge >= 0.3 is 5.97 Å². The Bertz CT molecular complexity index is 1630. The number of carbonyl (C=O) groups is 1. The van der Waals surface area contributed by atoms with Crippen LogP contribution in [-0.2, 0) is 6.61 Å². The number of benzene rings is 3. The van der Waals surface area contributed by atoms with Gasteiger partial charge in [-0.1, -0.05) is 41.4 Å². The van der Waals surface area contributed by atoms with E-state index in [0.29, 0.717) is 38.4 Å². The standard InChI is InChI=1S/C29H20Cl2N2O6/c1-35-26-11-16(5-9-23(26)37-15-17-4-6-18(30)12-22(17)31)27-20-8-7-19(38-29(34)24-3-2-10-36-24)13-25(20)39-28(33)21(27)14-32/h2-13,27H,15,33H2,1H3. The molecular formula is C29H20Cl2N2O6. The highest BCUT2D eigenvalue weighted by Gasteiger charge is 2.32. The average Bonchev–Trinajstić information content (AvgIpc) is 3.47. The number of nitrogens with zero attached hydrogens (tertiary/aromatic N) is 1. The number of halogens is 2. The fraction of sp³-hybridized carbons (Fsp3) is 0.103. The predicted octanol–water partition coefficient (Wildman–Crippen LogP) is 6.61. The molecule has 0 saturated heterocycles. The molecule has 2 N–H and O–H groups in total. The smallest absolute Gasteiger partial charge is 0.379 e. The van der Waals surface area contributed by atoms with Gasteiger partial charge in [0.25, 0.3) is 0 Å². The number of ether oxygens (including phenoxy) is 4. The van der Waals surface area contributed by atoms with Crippen molar-refractivity contribution >= 4 is 29.2 Å². The van der Waals surface area contributed by atoms with Crippen molar-refractivity contribution in [2.24, 2.45) is 5.73 Å². The van der Waals surface area contributed by atoms with E-state index in [0.717, 1.165) is 5.56 Å². The quantitative estimate of drug-likeness (QED) is 0.197. The van der Waals surface area contributed by atoms with Crippen LogP contribution in [0.25, 0.3) is 0 Å². The van der Waals surface area contributed by atoms with E-state index in [1.54, 1.807) is 48.5 Å². The molecule has 2 heterocycles. The second-order valence-electron chi connectivity index (χ2n) is 8.43. The maximum atomic E-state index is 12.3. The fourth-order valence-corrected chi connectivity index (χ4v) is 4.63. The molecular weight excluding hydrogens is 543 g/mol. The Morgan fingerprint density at radius 3 is 2.64 bits per heavy atom. The predicted molar refractivity (Wildman–Crippen MR) is 143 cm³/mol. The van der Waals surface area contributed by atoms with E-state index in [1.165, 1.54) is 25.5 Å². The van der Waals surface area contributed by atoms with Crippen molar-refractivity contribution in [3.8, 4) is 29.1 Å². The van der Waals surface area contributed by atoms with Crippen LogP contribution in [0.3, 0.4) is 0 Å². The molecule has 0 saturated carbocycles. The Morgan fingerprint density at radius 2 is 1.92 bits per heavy atom. The van der Waals surface area contributed by atoms with Crippen LogP contribution in [0.2, 0.25) is 10.0 Å². The molecule has 0 bridgehead atoms. The van der Waals surface area contributed by atoms with Crippen molar-refractivity contribution in [1.29, 1.82) is 5.26 Å². The first-order valence-electron chi connectivity index (χ1n) is 11.6. The number of hydrogen-bond acceptors (Lipinski definition) is 8. The van der Waals surface area contributed by atoms with E-state index in [1.807, 2.05) is 6.07 Å². The lowest BCUT2D eigenvalue weighted by molar-refractivity contribution is 0.0701. The highest BCUT2D eigenvalue weighted by Crippen LogP contribution is 2.45. The van der Waals surface area contributed by atoms with Crippen molar-refractivity contribution in [1.82, 2.24) is 0 Å². The van der Waals surface area contributed by atoms with Gasteiger partial charge in [-0.05, 0) is 48.0 Å². The monoisotopic (exact) mass is 562 g/mol. The van der Waals surface area contributed by atoms with Gasteiger partial charge in [0.05, 0.1) is 19.3 Å². The van der Waals surface area contributed by atoms with Crippen molar-refractivity contribution in [3.63, 3.8) is 0 Å². The molecule has 0 fully saturated rings. The third-order valence-electron chi connectivity index (χ3n) is 6.04. The minimum absolute atomic E-state index is 0.0545. The van der Waals surface area contributed by atoms with Gasteiger partial charge in [-0.15, -0.1) is 0 Å². The van der Waals surface area contributed by atoms with Crippen molar-refractivity contribution in [2.75, 3.05) is 7.11 Å². The van der Waals surface area contributed by atoms with Crippen LogP contribution in [0.1, 0.15) is 33.2 Å². The zero-order chi connectivity index (χ0) is 27.5. The second-order valence-corrected chi connectivity index (χ2v) is 9.27. The minimum Gasteiger partial charge on any atom is -0.493 e. The van der Waals surface area contributed by atoms with E-state index < -0.39 is 11.9 Å². The number of fused-ring (bicyclic) bond motifs is 1. The Morgan fingerprint density at radius 1 is 1.08 bits per heavy atom. The lowest BCUT2D eigenvalue weighted by Crippen LogP contribution is -2.21. The fourth-order valence-electron chi connectivity index (χ4n) is 4.17. The summed E-state index contributed by atoms with van der Waals surface area (Å²) in [7, 11) is 1.52. The van der Waals surface area contributed by atoms with Gasteiger partial charge in [0.2, 0.25) is 11.6 Å². The van der Waals surface area contributed by atoms with E-state index in [-0.39, 0.29) is 29.6 Å². The van der Waals surface area contributed by atoms with Crippen LogP contribution in [-0.4, -0.2) is 13.1 Å². The summed E-state index contributed by atoms with van der Waals surface area (Å²) in [5, 5.41) is 10.9. The van der Waals surface area contributed by atoms with E-state index in [2.05, 4.69) is 6.07 Å². The molecule has 0 aliphatic carbocycles. The molecule has 1 aliphatic rings. The molecule has 3 aromatic carbocycles. The highest BCUT2D eigenvalue weighted by atomic mass is 35.5. The van der Waals surface area contributed by atoms with Crippen LogP contribution in [0.15, 0.2) is 88.9 Å². The van der Waals surface area contributed by atoms with Gasteiger partial charge in [0, 0.05) is 27.2 Å². The Kier molecular flexibility index (Phi) is 7.37. The van der Waals surface area contributed by atoms with Crippen LogP contribution < -0.4 is 24.7 Å². The molecule has 1 aromatic heterocycles. The molecule has 5 rings (SSSR count). The molecule has 0 amide bonds. The molecule has 8 nitrogen and oxygen atoms in total. The number of rotatable bonds is 7. The van der Waals surface area contributed by atoms with Gasteiger partial charge in [0.1, 0.15) is 29.7 Å². The third kappa shape index (κ3) is 5.36. The molecule has 196 valence electrons. The first-order valence-corrected chi connectivity index (χ1v) is 12.4. The maximum Gasteiger partial charge on any atom is 0.379 e. The number of hydrogen-bond donors (Lipinski definition) is 1. The van der Waals surface area contributed by atoms with Crippen molar-refractivity contribution in [3.05, 3.63) is 117 Å². The van der Waals surface area contributed by atoms with Gasteiger partial charge < -0.3 is 29.1 Å². The normalized spacial score (nSPS) is 14.2. The van der Waals surface area contributed by atoms with E-state index >= 15 is 0 Å². The number of nitrogens with two attached hydrogens (primary N) is 1. The topological polar surface area (TPSA) is 117 Å². The van der Waals surface area contributed by atoms with Gasteiger partial charge in [-0.3, -0.25) is 0 Å². The zero-order valence-corrected chi connectivity index (χ0v) is 22.0. The molecule has 1 unspecified atom stereocenters. The summed E-state index contributed by atoms with van der Waals surface area (Å²) in [5.74, 6) is 0.283. The molecule has 1 atom stereocenters. The second kappa shape index (κ2) is 11.0. The lowest BCUT2D eigenvalue weighted by Gasteiger charge is -2.27. The molecule has 39 heavy (non-hydrogen) atoms. The summed E-state index contributed by atoms with van der Waals surface area (Å²) in [5.41, 5.74) is 8.49. The van der Waals surface area contributed by atoms with E-state index in [9.17, 15) is 10.1 Å². The average molecular weight is 563 g/mol. The van der Waals surface area contributed by atoms with Crippen LogP contribution >= 0.6 is 23.2 Å². The Hall–Kier alpha value is -4.58. The maximum absolute atomic E-state index is 12.3. The number of furan rings is 1. The molecule has 10 heteroatoms. The summed E-state index contributed by atoms with van der Waals surface area (Å²) in [6.07, 6.45) is 1.38. The number of nitriles is 1. The number of allylic oxidation sites excluding steroid dienone is 1. The molecule has 0 spiro atoms. The van der Waals surface area contributed by atoms with Crippen LogP contribution in [0.4, 0.5) is 0 Å². The molecule has 0 radical (unpaired) electrons.